The van der Waals surface area contributed by atoms with Crippen LogP contribution in [-0.4, -0.2) is 7.85 Å². The minimum Gasteiger partial charge on any atom is -0.0785 e. The Balaban J connectivity index is 0. The molecule has 0 N–H and O–H groups in total. The molecule has 0 spiro atoms. The highest BCUT2D eigenvalue weighted by Gasteiger charge is 1.98. The van der Waals surface area contributed by atoms with E-state index < -0.39 is 0 Å². The first-order valence-electron chi connectivity index (χ1n) is 5.38. The van der Waals surface area contributed by atoms with Gasteiger partial charge in [0.15, 0.2) is 0 Å². The number of hydrogen-bond donors (Lipinski definition) is 0. The zero-order valence-electron chi connectivity index (χ0n) is 9.85. The molecule has 0 bridgehead atoms. The van der Waals surface area contributed by atoms with Crippen LogP contribution in [0.15, 0.2) is 23.3 Å². The van der Waals surface area contributed by atoms with Gasteiger partial charge in [0.1, 0.15) is 0 Å². The third-order valence-electron chi connectivity index (χ3n) is 1.71. The van der Waals surface area contributed by atoms with Crippen molar-refractivity contribution in [2.45, 2.75) is 53.8 Å². The maximum atomic E-state index is 5.45. The van der Waals surface area contributed by atoms with Crippen LogP contribution in [0.2, 0.25) is 6.32 Å². The molecule has 1 aliphatic carbocycles. The van der Waals surface area contributed by atoms with Crippen molar-refractivity contribution in [1.82, 2.24) is 0 Å². The minimum absolute atomic E-state index is 0.726. The highest BCUT2D eigenvalue weighted by atomic mass is 14.0. The van der Waals surface area contributed by atoms with Gasteiger partial charge in [-0.15, -0.1) is 0 Å². The summed E-state index contributed by atoms with van der Waals surface area (Å²) >= 11 is 0. The lowest BCUT2D eigenvalue weighted by molar-refractivity contribution is 0.905. The Labute approximate surface area is 85.5 Å². The molecule has 0 aromatic rings. The van der Waals surface area contributed by atoms with Crippen LogP contribution in [0.25, 0.3) is 0 Å². The van der Waals surface area contributed by atoms with Crippen molar-refractivity contribution in [2.24, 2.45) is 0 Å². The second kappa shape index (κ2) is 11.5. The summed E-state index contributed by atoms with van der Waals surface area (Å²) in [6.07, 6.45) is 7.39. The molecule has 0 fully saturated rings. The summed E-state index contributed by atoms with van der Waals surface area (Å²) in [5.41, 5.74) is 2.84. The van der Waals surface area contributed by atoms with E-state index in [1.165, 1.54) is 24.0 Å². The zero-order valence-corrected chi connectivity index (χ0v) is 9.85. The fourth-order valence-electron chi connectivity index (χ4n) is 0.955. The maximum absolute atomic E-state index is 5.45. The fourth-order valence-corrected chi connectivity index (χ4v) is 0.955. The average Bonchev–Trinajstić information content (AvgIpc) is 2.25. The summed E-state index contributed by atoms with van der Waals surface area (Å²) in [6.45, 7) is 10.2. The maximum Gasteiger partial charge on any atom is 0.0712 e. The molecule has 1 aliphatic rings. The van der Waals surface area contributed by atoms with Crippen LogP contribution in [-0.2, 0) is 0 Å². The summed E-state index contributed by atoms with van der Waals surface area (Å²) in [5.74, 6) is 0. The van der Waals surface area contributed by atoms with Gasteiger partial charge in [-0.25, -0.2) is 0 Å². The predicted molar refractivity (Wildman–Crippen MR) is 64.3 cm³/mol. The normalized spacial score (nSPS) is 13.9. The Morgan fingerprint density at radius 1 is 1.08 bits per heavy atom. The molecule has 74 valence electrons. The Hall–Kier alpha value is -0.455. The summed E-state index contributed by atoms with van der Waals surface area (Å²) in [6, 6.07) is 0. The van der Waals surface area contributed by atoms with Crippen LogP contribution in [0.4, 0.5) is 0 Å². The van der Waals surface area contributed by atoms with Crippen LogP contribution in [0.5, 0.6) is 0 Å². The standard InChI is InChI=1S/C8H11B.2C2H6/c1-7-2-4-8(6-9)5-3-7;2*1-2/h2,4H,3,5-6H2,1H3;2*1-2H3. The summed E-state index contributed by atoms with van der Waals surface area (Å²) < 4.78 is 0. The van der Waals surface area contributed by atoms with Crippen molar-refractivity contribution in [3.05, 3.63) is 23.3 Å². The van der Waals surface area contributed by atoms with Crippen LogP contribution >= 0.6 is 0 Å². The van der Waals surface area contributed by atoms with Crippen LogP contribution in [0.1, 0.15) is 47.5 Å². The molecular formula is C12H23B. The number of allylic oxidation sites excluding steroid dienone is 4. The highest BCUT2D eigenvalue weighted by Crippen LogP contribution is 2.18. The molecule has 13 heavy (non-hydrogen) atoms. The lowest BCUT2D eigenvalue weighted by Gasteiger charge is -2.08. The van der Waals surface area contributed by atoms with Gasteiger partial charge in [-0.1, -0.05) is 57.3 Å². The van der Waals surface area contributed by atoms with E-state index in [4.69, 9.17) is 7.85 Å². The predicted octanol–water partition coefficient (Wildman–Crippen LogP) is 4.29. The molecule has 0 atom stereocenters. The Bertz CT molecular complexity index is 155. The van der Waals surface area contributed by atoms with Crippen molar-refractivity contribution >= 4 is 7.85 Å². The topological polar surface area (TPSA) is 0 Å². The van der Waals surface area contributed by atoms with Crippen molar-refractivity contribution < 1.29 is 0 Å². The molecule has 1 rings (SSSR count). The minimum atomic E-state index is 0.726. The van der Waals surface area contributed by atoms with Gasteiger partial charge < -0.3 is 0 Å². The van der Waals surface area contributed by atoms with E-state index in [1.807, 2.05) is 27.7 Å². The smallest absolute Gasteiger partial charge is 0.0712 e. The SMILES string of the molecule is CC.CC.[B]CC1=CC=C(C)CC1. The van der Waals surface area contributed by atoms with Crippen LogP contribution < -0.4 is 0 Å². The van der Waals surface area contributed by atoms with Gasteiger partial charge in [0.05, 0.1) is 7.85 Å². The average molecular weight is 178 g/mol. The first kappa shape index (κ1) is 15.0. The van der Waals surface area contributed by atoms with Gasteiger partial charge in [0, 0.05) is 0 Å². The summed E-state index contributed by atoms with van der Waals surface area (Å²) in [7, 11) is 5.45. The van der Waals surface area contributed by atoms with Crippen molar-refractivity contribution in [3.8, 4) is 0 Å². The largest absolute Gasteiger partial charge is 0.0785 e. The van der Waals surface area contributed by atoms with Gasteiger partial charge in [-0.05, 0) is 19.8 Å². The van der Waals surface area contributed by atoms with Crippen LogP contribution in [0.3, 0.4) is 0 Å². The number of hydrogen-bond acceptors (Lipinski definition) is 0. The molecule has 1 heteroatoms. The molecule has 0 saturated carbocycles. The van der Waals surface area contributed by atoms with Gasteiger partial charge in [0.25, 0.3) is 0 Å². The second-order valence-electron chi connectivity index (χ2n) is 2.54. The van der Waals surface area contributed by atoms with Gasteiger partial charge in [0.2, 0.25) is 0 Å². The van der Waals surface area contributed by atoms with E-state index in [9.17, 15) is 0 Å². The summed E-state index contributed by atoms with van der Waals surface area (Å²) in [4.78, 5) is 0. The van der Waals surface area contributed by atoms with E-state index in [2.05, 4.69) is 19.1 Å². The Kier molecular flexibility index (Phi) is 13.4. The molecule has 0 nitrogen and oxygen atoms in total. The molecule has 0 aromatic heterocycles. The van der Waals surface area contributed by atoms with Crippen molar-refractivity contribution in [1.29, 1.82) is 0 Å². The molecular weight excluding hydrogens is 155 g/mol. The van der Waals surface area contributed by atoms with Crippen LogP contribution in [0, 0.1) is 0 Å². The van der Waals surface area contributed by atoms with Gasteiger partial charge >= 0.3 is 0 Å². The molecule has 2 radical (unpaired) electrons. The molecule has 0 aromatic carbocycles. The van der Waals surface area contributed by atoms with Gasteiger partial charge in [-0.3, -0.25) is 0 Å². The zero-order chi connectivity index (χ0) is 10.7. The van der Waals surface area contributed by atoms with E-state index in [-0.39, 0.29) is 0 Å². The second-order valence-corrected chi connectivity index (χ2v) is 2.54. The lowest BCUT2D eigenvalue weighted by Crippen LogP contribution is -1.89. The molecule has 0 unspecified atom stereocenters. The Morgan fingerprint density at radius 2 is 1.62 bits per heavy atom. The highest BCUT2D eigenvalue weighted by molar-refractivity contribution is 6.10. The number of rotatable bonds is 1. The third-order valence-corrected chi connectivity index (χ3v) is 1.71. The fraction of sp³-hybridized carbons (Fsp3) is 0.667. The first-order valence-corrected chi connectivity index (χ1v) is 5.38. The van der Waals surface area contributed by atoms with E-state index in [1.54, 1.807) is 0 Å². The monoisotopic (exact) mass is 178 g/mol. The molecule has 0 heterocycles. The lowest BCUT2D eigenvalue weighted by atomic mass is 9.89. The molecule has 0 saturated heterocycles. The quantitative estimate of drug-likeness (QED) is 0.525. The van der Waals surface area contributed by atoms with E-state index in [0.717, 1.165) is 6.32 Å². The summed E-state index contributed by atoms with van der Waals surface area (Å²) in [5, 5.41) is 0. The first-order chi connectivity index (χ1) is 6.33. The molecule has 0 aliphatic heterocycles. The Morgan fingerprint density at radius 3 is 1.92 bits per heavy atom. The third kappa shape index (κ3) is 7.89. The van der Waals surface area contributed by atoms with Gasteiger partial charge in [-0.2, -0.15) is 0 Å². The van der Waals surface area contributed by atoms with E-state index in [0.29, 0.717) is 0 Å². The van der Waals surface area contributed by atoms with Crippen molar-refractivity contribution in [3.63, 3.8) is 0 Å². The van der Waals surface area contributed by atoms with Crippen molar-refractivity contribution in [2.75, 3.05) is 0 Å². The molecule has 0 amide bonds. The van der Waals surface area contributed by atoms with E-state index >= 15 is 0 Å².